The van der Waals surface area contributed by atoms with E-state index in [1.54, 1.807) is 0 Å². The third-order valence-corrected chi connectivity index (χ3v) is 7.85. The number of aliphatic hydroxyl groups is 1. The molecule has 3 nitrogen and oxygen atoms in total. The Morgan fingerprint density at radius 1 is 0.750 bits per heavy atom. The fourth-order valence-corrected chi connectivity index (χ4v) is 6.57. The van der Waals surface area contributed by atoms with E-state index in [2.05, 4.69) is 60.3 Å². The van der Waals surface area contributed by atoms with Gasteiger partial charge in [0.25, 0.3) is 0 Å². The molecule has 0 unspecified atom stereocenters. The molecule has 0 amide bonds. The quantitative estimate of drug-likeness (QED) is 0.141. The van der Waals surface area contributed by atoms with Crippen LogP contribution in [0.1, 0.15) is 119 Å². The molecule has 0 aromatic rings. The summed E-state index contributed by atoms with van der Waals surface area (Å²) in [4.78, 5) is 0. The van der Waals surface area contributed by atoms with Gasteiger partial charge in [-0.05, 0) is 58.9 Å². The number of hydrogen-bond donors (Lipinski definition) is 1. The first-order valence-electron chi connectivity index (χ1n) is 11.7. The minimum absolute atomic E-state index is 0.163. The minimum atomic E-state index is -1.94. The van der Waals surface area contributed by atoms with Crippen LogP contribution in [0.3, 0.4) is 0 Å². The van der Waals surface area contributed by atoms with Crippen LogP contribution in [0.2, 0.25) is 12.6 Å². The van der Waals surface area contributed by atoms with Gasteiger partial charge in [0.2, 0.25) is 0 Å². The second kappa shape index (κ2) is 20.3. The van der Waals surface area contributed by atoms with Crippen LogP contribution < -0.4 is 0 Å². The summed E-state index contributed by atoms with van der Waals surface area (Å²) in [5.41, 5.74) is 0. The van der Waals surface area contributed by atoms with Crippen LogP contribution in [0.25, 0.3) is 0 Å². The lowest BCUT2D eigenvalue weighted by molar-refractivity contribution is 0.109. The lowest BCUT2D eigenvalue weighted by atomic mass is 10.1. The molecular weight excluding hydrogens is 384 g/mol. The van der Waals surface area contributed by atoms with E-state index in [1.807, 2.05) is 0 Å². The van der Waals surface area contributed by atoms with Crippen LogP contribution in [-0.4, -0.2) is 30.9 Å². The van der Waals surface area contributed by atoms with Crippen molar-refractivity contribution < 1.29 is 14.0 Å². The molecule has 0 aromatic heterocycles. The fourth-order valence-electron chi connectivity index (χ4n) is 3.25. The molecule has 0 rings (SSSR count). The zero-order chi connectivity index (χ0) is 21.8. The molecule has 0 aliphatic carbocycles. The Hall–Kier alpha value is 0.0269. The Balaban J connectivity index is 0. The predicted octanol–water partition coefficient (Wildman–Crippen LogP) is 8.50. The molecule has 0 atom stereocenters. The van der Waals surface area contributed by atoms with Crippen LogP contribution >= 0.6 is 12.2 Å². The normalized spacial score (nSPS) is 11.6. The van der Waals surface area contributed by atoms with Crippen molar-refractivity contribution in [2.24, 2.45) is 0 Å². The third kappa shape index (κ3) is 24.1. The van der Waals surface area contributed by atoms with Gasteiger partial charge in [-0.15, -0.1) is 0 Å². The maximum atomic E-state index is 8.64. The van der Waals surface area contributed by atoms with Gasteiger partial charge in [0.05, 0.1) is 0 Å². The predicted molar refractivity (Wildman–Crippen MR) is 131 cm³/mol. The molecule has 0 spiro atoms. The highest BCUT2D eigenvalue weighted by Gasteiger charge is 2.33. The lowest BCUT2D eigenvalue weighted by Gasteiger charge is -2.31. The van der Waals surface area contributed by atoms with E-state index in [4.69, 9.17) is 14.0 Å². The molecule has 0 bridgehead atoms. The summed E-state index contributed by atoms with van der Waals surface area (Å²) in [6.07, 6.45) is 15.4. The molecule has 1 N–H and O–H groups in total. The zero-order valence-electron chi connectivity index (χ0n) is 20.0. The summed E-state index contributed by atoms with van der Waals surface area (Å²) in [7, 11) is -1.94. The van der Waals surface area contributed by atoms with Gasteiger partial charge in [0.1, 0.15) is 0 Å². The van der Waals surface area contributed by atoms with Gasteiger partial charge in [-0.3, -0.25) is 0 Å². The van der Waals surface area contributed by atoms with E-state index in [0.29, 0.717) is 6.42 Å². The maximum absolute atomic E-state index is 8.64. The van der Waals surface area contributed by atoms with Gasteiger partial charge in [-0.2, -0.15) is 0 Å². The molecule has 0 saturated heterocycles. The van der Waals surface area contributed by atoms with Crippen LogP contribution in [0.4, 0.5) is 0 Å². The number of thiocarbonyl (C=S) groups is 1. The monoisotopic (exact) mass is 434 g/mol. The molecule has 0 fully saturated rings. The van der Waals surface area contributed by atoms with Gasteiger partial charge < -0.3 is 14.0 Å². The standard InChI is InChI=1S/C15H34O2Si.C8H16OS/c1-7-8-9-10-11-12-13-18(6,16-14(2)3)17-15(4)5;1-2-3-4-5-6-7-8(9)10/h14-15H,7-13H2,1-6H3;2-7H2,1H3,(H,9,10). The number of unbranched alkanes of at least 4 members (excludes halogenated alkanes) is 9. The minimum Gasteiger partial charge on any atom is -0.502 e. The average molecular weight is 435 g/mol. The van der Waals surface area contributed by atoms with Crippen LogP contribution in [0, 0.1) is 0 Å². The van der Waals surface area contributed by atoms with E-state index < -0.39 is 8.56 Å². The van der Waals surface area contributed by atoms with E-state index in [-0.39, 0.29) is 17.3 Å². The van der Waals surface area contributed by atoms with Crippen LogP contribution in [0.5, 0.6) is 0 Å². The van der Waals surface area contributed by atoms with Crippen LogP contribution in [0.15, 0.2) is 0 Å². The largest absolute Gasteiger partial charge is 0.502 e. The van der Waals surface area contributed by atoms with Gasteiger partial charge in [-0.25, -0.2) is 0 Å². The topological polar surface area (TPSA) is 38.7 Å². The molecule has 0 aliphatic rings. The SMILES string of the molecule is CCCCCCCC(O)=S.CCCCCCCC[Si](C)(OC(C)C)OC(C)C. The molecule has 0 aromatic carbocycles. The summed E-state index contributed by atoms with van der Waals surface area (Å²) in [5, 5.41) is 8.80. The number of aliphatic hydroxyl groups excluding tert-OH is 1. The van der Waals surface area contributed by atoms with Crippen molar-refractivity contribution in [2.75, 3.05) is 0 Å². The van der Waals surface area contributed by atoms with Crippen LogP contribution in [-0.2, 0) is 8.85 Å². The van der Waals surface area contributed by atoms with E-state index >= 15 is 0 Å². The zero-order valence-corrected chi connectivity index (χ0v) is 21.8. The van der Waals surface area contributed by atoms with E-state index in [1.165, 1.54) is 64.2 Å². The molecule has 0 saturated carbocycles. The van der Waals surface area contributed by atoms with Gasteiger partial charge in [0, 0.05) is 18.6 Å². The Labute approximate surface area is 183 Å². The molecule has 170 valence electrons. The Kier molecular flexibility index (Phi) is 21.9. The second-order valence-electron chi connectivity index (χ2n) is 8.54. The Morgan fingerprint density at radius 2 is 1.14 bits per heavy atom. The van der Waals surface area contributed by atoms with Crippen molar-refractivity contribution in [1.29, 1.82) is 0 Å². The first-order chi connectivity index (χ1) is 13.2. The lowest BCUT2D eigenvalue weighted by Crippen LogP contribution is -2.42. The highest BCUT2D eigenvalue weighted by molar-refractivity contribution is 7.80. The second-order valence-corrected chi connectivity index (χ2v) is 12.3. The van der Waals surface area contributed by atoms with Gasteiger partial charge >= 0.3 is 8.56 Å². The summed E-state index contributed by atoms with van der Waals surface area (Å²) in [5.74, 6) is 0. The summed E-state index contributed by atoms with van der Waals surface area (Å²) in [6.45, 7) is 15.1. The number of hydrogen-bond acceptors (Lipinski definition) is 3. The van der Waals surface area contributed by atoms with Crippen molar-refractivity contribution >= 4 is 25.8 Å². The van der Waals surface area contributed by atoms with E-state index in [0.717, 1.165) is 12.5 Å². The fraction of sp³-hybridized carbons (Fsp3) is 0.957. The Bertz CT molecular complexity index is 339. The molecule has 0 radical (unpaired) electrons. The summed E-state index contributed by atoms with van der Waals surface area (Å²) < 4.78 is 12.2. The van der Waals surface area contributed by atoms with Crippen molar-refractivity contribution in [3.63, 3.8) is 0 Å². The molecule has 28 heavy (non-hydrogen) atoms. The maximum Gasteiger partial charge on any atom is 0.335 e. The third-order valence-electron chi connectivity index (χ3n) is 4.45. The van der Waals surface area contributed by atoms with Gasteiger partial charge in [0.15, 0.2) is 5.05 Å². The molecular formula is C23H50O3SSi. The first kappa shape index (κ1) is 30.2. The van der Waals surface area contributed by atoms with Crippen molar-refractivity contribution in [1.82, 2.24) is 0 Å². The van der Waals surface area contributed by atoms with Crippen molar-refractivity contribution in [2.45, 2.75) is 143 Å². The van der Waals surface area contributed by atoms with Gasteiger partial charge in [-0.1, -0.05) is 78.1 Å². The van der Waals surface area contributed by atoms with Crippen molar-refractivity contribution in [3.05, 3.63) is 0 Å². The highest BCUT2D eigenvalue weighted by Crippen LogP contribution is 2.22. The smallest absolute Gasteiger partial charge is 0.335 e. The average Bonchev–Trinajstić information content (AvgIpc) is 2.56. The summed E-state index contributed by atoms with van der Waals surface area (Å²) in [6, 6.07) is 1.13. The van der Waals surface area contributed by atoms with Crippen molar-refractivity contribution in [3.8, 4) is 0 Å². The first-order valence-corrected chi connectivity index (χ1v) is 14.7. The van der Waals surface area contributed by atoms with E-state index in [9.17, 15) is 0 Å². The molecule has 0 aliphatic heterocycles. The Morgan fingerprint density at radius 3 is 1.54 bits per heavy atom. The molecule has 0 heterocycles. The summed E-state index contributed by atoms with van der Waals surface area (Å²) >= 11 is 4.53. The number of rotatable bonds is 17. The highest BCUT2D eigenvalue weighted by atomic mass is 32.1. The molecule has 5 heteroatoms.